The number of benzene rings is 2. The van der Waals surface area contributed by atoms with E-state index in [1.165, 1.54) is 32.1 Å². The number of halogens is 3. The Morgan fingerprint density at radius 1 is 0.919 bits per heavy atom. The summed E-state index contributed by atoms with van der Waals surface area (Å²) in [6.45, 7) is 2.30. The number of fused-ring (bicyclic) bond motifs is 1. The van der Waals surface area contributed by atoms with Crippen molar-refractivity contribution in [3.8, 4) is 5.75 Å². The Balaban J connectivity index is 1.13. The zero-order chi connectivity index (χ0) is 26.3. The molecule has 2 aromatic rings. The molecule has 1 aliphatic carbocycles. The van der Waals surface area contributed by atoms with Gasteiger partial charge in [-0.3, -0.25) is 0 Å². The lowest BCUT2D eigenvalue weighted by Crippen LogP contribution is -2.37. The molecule has 1 saturated carbocycles. The van der Waals surface area contributed by atoms with Crippen molar-refractivity contribution in [3.63, 3.8) is 0 Å². The summed E-state index contributed by atoms with van der Waals surface area (Å²) in [7, 11) is 0. The Kier molecular flexibility index (Phi) is 9.25. The zero-order valence-corrected chi connectivity index (χ0v) is 21.9. The van der Waals surface area contributed by atoms with E-state index >= 15 is 0 Å². The van der Waals surface area contributed by atoms with Crippen LogP contribution in [0.2, 0.25) is 0 Å². The van der Waals surface area contributed by atoms with Crippen molar-refractivity contribution in [2.24, 2.45) is 5.92 Å². The summed E-state index contributed by atoms with van der Waals surface area (Å²) < 4.78 is 47.9. The van der Waals surface area contributed by atoms with Crippen molar-refractivity contribution in [1.82, 2.24) is 5.32 Å². The number of carbonyl (C=O) groups excluding carboxylic acids is 1. The molecule has 2 aromatic carbocycles. The van der Waals surface area contributed by atoms with Crippen LogP contribution in [0, 0.1) is 5.92 Å². The maximum atomic E-state index is 12.2. The first-order chi connectivity index (χ1) is 17.7. The van der Waals surface area contributed by atoms with Gasteiger partial charge in [-0.05, 0) is 79.5 Å². The van der Waals surface area contributed by atoms with Crippen molar-refractivity contribution in [2.45, 2.75) is 108 Å². The molecule has 1 aliphatic heterocycles. The van der Waals surface area contributed by atoms with E-state index in [9.17, 15) is 18.0 Å². The van der Waals surface area contributed by atoms with Crippen molar-refractivity contribution in [1.29, 1.82) is 0 Å². The molecule has 0 radical (unpaired) electrons. The van der Waals surface area contributed by atoms with Gasteiger partial charge in [-0.15, -0.1) is 0 Å². The quantitative estimate of drug-likeness (QED) is 0.285. The molecular weight excluding hydrogens is 479 g/mol. The van der Waals surface area contributed by atoms with E-state index in [2.05, 4.69) is 29.6 Å². The molecular formula is C30H40F3NO3. The van der Waals surface area contributed by atoms with Gasteiger partial charge in [0.25, 0.3) is 0 Å². The maximum absolute atomic E-state index is 12.2. The van der Waals surface area contributed by atoms with Crippen LogP contribution in [0.4, 0.5) is 18.0 Å². The highest BCUT2D eigenvalue weighted by Gasteiger charge is 2.36. The summed E-state index contributed by atoms with van der Waals surface area (Å²) in [5.41, 5.74) is 0.525. The van der Waals surface area contributed by atoms with E-state index in [1.807, 2.05) is 19.1 Å². The maximum Gasteiger partial charge on any atom is 0.408 e. The van der Waals surface area contributed by atoms with Gasteiger partial charge in [-0.25, -0.2) is 4.79 Å². The molecule has 1 heterocycles. The average molecular weight is 520 g/mol. The van der Waals surface area contributed by atoms with E-state index in [4.69, 9.17) is 9.47 Å². The third-order valence-corrected chi connectivity index (χ3v) is 7.99. The molecule has 1 amide bonds. The Bertz CT molecular complexity index is 1030. The molecule has 2 aliphatic rings. The largest absolute Gasteiger partial charge is 0.490 e. The van der Waals surface area contributed by atoms with Crippen LogP contribution in [0.5, 0.6) is 5.75 Å². The molecule has 1 saturated heterocycles. The van der Waals surface area contributed by atoms with Crippen LogP contribution >= 0.6 is 0 Å². The number of cyclic esters (lactones) is 1. The number of hydrogen-bond acceptors (Lipinski definition) is 3. The summed E-state index contributed by atoms with van der Waals surface area (Å²) >= 11 is 0. The monoisotopic (exact) mass is 519 g/mol. The van der Waals surface area contributed by atoms with Crippen molar-refractivity contribution >= 4 is 16.9 Å². The van der Waals surface area contributed by atoms with Crippen LogP contribution in [-0.4, -0.2) is 25.0 Å². The van der Waals surface area contributed by atoms with Gasteiger partial charge in [0.2, 0.25) is 0 Å². The zero-order valence-electron chi connectivity index (χ0n) is 21.9. The highest BCUT2D eigenvalue weighted by molar-refractivity contribution is 5.85. The minimum atomic E-state index is -4.00. The number of amides is 1. The molecule has 4 rings (SSSR count). The molecule has 4 nitrogen and oxygen atoms in total. The van der Waals surface area contributed by atoms with E-state index < -0.39 is 18.1 Å². The molecule has 0 unspecified atom stereocenters. The molecule has 37 heavy (non-hydrogen) atoms. The SMILES string of the molecule is C[C@@]1(c2ccc3cc(OC4CCC(CCCCCCCCCC(F)(F)F)CC4)ccc3c2)COC(=O)N1. The van der Waals surface area contributed by atoms with Crippen LogP contribution in [-0.2, 0) is 10.3 Å². The number of ether oxygens (including phenoxy) is 2. The van der Waals surface area contributed by atoms with E-state index in [0.29, 0.717) is 13.0 Å². The molecule has 2 fully saturated rings. The van der Waals surface area contributed by atoms with Crippen molar-refractivity contribution in [2.75, 3.05) is 6.61 Å². The second-order valence-corrected chi connectivity index (χ2v) is 11.1. The molecule has 7 heteroatoms. The number of nitrogens with one attached hydrogen (secondary N) is 1. The van der Waals surface area contributed by atoms with Gasteiger partial charge in [0.1, 0.15) is 12.4 Å². The highest BCUT2D eigenvalue weighted by atomic mass is 19.4. The smallest absolute Gasteiger partial charge is 0.408 e. The van der Waals surface area contributed by atoms with Gasteiger partial charge in [-0.1, -0.05) is 63.1 Å². The fourth-order valence-electron chi connectivity index (χ4n) is 5.68. The second kappa shape index (κ2) is 12.4. The number of alkyl carbamates (subject to hydrolysis) is 1. The molecule has 0 spiro atoms. The first-order valence-corrected chi connectivity index (χ1v) is 13.9. The lowest BCUT2D eigenvalue weighted by Gasteiger charge is -2.29. The third-order valence-electron chi connectivity index (χ3n) is 7.99. The fourth-order valence-corrected chi connectivity index (χ4v) is 5.68. The minimum absolute atomic E-state index is 0.259. The third kappa shape index (κ3) is 8.27. The number of unbranched alkanes of at least 4 members (excludes halogenated alkanes) is 6. The summed E-state index contributed by atoms with van der Waals surface area (Å²) in [6, 6.07) is 12.4. The lowest BCUT2D eigenvalue weighted by molar-refractivity contribution is -0.135. The number of alkyl halides is 3. The number of carbonyl (C=O) groups is 1. The Morgan fingerprint density at radius 2 is 1.57 bits per heavy atom. The molecule has 1 atom stereocenters. The first kappa shape index (κ1) is 27.6. The summed E-state index contributed by atoms with van der Waals surface area (Å²) in [4.78, 5) is 11.5. The van der Waals surface area contributed by atoms with Gasteiger partial charge in [0.05, 0.1) is 11.6 Å². The van der Waals surface area contributed by atoms with Crippen LogP contribution in [0.25, 0.3) is 10.8 Å². The Labute approximate surface area is 218 Å². The van der Waals surface area contributed by atoms with E-state index in [-0.39, 0.29) is 18.6 Å². The lowest BCUT2D eigenvalue weighted by atomic mass is 9.84. The van der Waals surface area contributed by atoms with E-state index in [0.717, 1.165) is 60.1 Å². The number of rotatable bonds is 12. The highest BCUT2D eigenvalue weighted by Crippen LogP contribution is 2.33. The number of hydrogen-bond donors (Lipinski definition) is 1. The normalized spacial score (nSPS) is 24.2. The van der Waals surface area contributed by atoms with Gasteiger partial charge >= 0.3 is 12.3 Å². The van der Waals surface area contributed by atoms with E-state index in [1.54, 1.807) is 0 Å². The second-order valence-electron chi connectivity index (χ2n) is 11.1. The van der Waals surface area contributed by atoms with Gasteiger partial charge in [-0.2, -0.15) is 13.2 Å². The van der Waals surface area contributed by atoms with Crippen molar-refractivity contribution < 1.29 is 27.4 Å². The molecule has 0 aromatic heterocycles. The first-order valence-electron chi connectivity index (χ1n) is 13.9. The van der Waals surface area contributed by atoms with Crippen LogP contribution in [0.1, 0.15) is 96.0 Å². The molecule has 0 bridgehead atoms. The van der Waals surface area contributed by atoms with Crippen LogP contribution in [0.3, 0.4) is 0 Å². The van der Waals surface area contributed by atoms with Crippen LogP contribution in [0.15, 0.2) is 36.4 Å². The van der Waals surface area contributed by atoms with Crippen molar-refractivity contribution in [3.05, 3.63) is 42.0 Å². The predicted octanol–water partition coefficient (Wildman–Crippen LogP) is 8.81. The molecule has 204 valence electrons. The predicted molar refractivity (Wildman–Crippen MR) is 140 cm³/mol. The Hall–Kier alpha value is -2.44. The standard InChI is InChI=1S/C30H40F3NO3/c1-29(21-36-28(35)34-29)25-14-12-24-20-27(17-13-23(24)19-25)37-26-15-10-22(11-16-26)9-7-5-3-2-4-6-8-18-30(31,32)33/h12-14,17,19-20,22,26H,2-11,15-16,18,21H2,1H3,(H,34,35)/t22?,26?,29-/m0/s1. The topological polar surface area (TPSA) is 47.6 Å². The summed E-state index contributed by atoms with van der Waals surface area (Å²) in [5, 5.41) is 5.12. The fraction of sp³-hybridized carbons (Fsp3) is 0.633. The van der Waals surface area contributed by atoms with Gasteiger partial charge < -0.3 is 14.8 Å². The van der Waals surface area contributed by atoms with Gasteiger partial charge in [0, 0.05) is 6.42 Å². The summed E-state index contributed by atoms with van der Waals surface area (Å²) in [6.07, 6.45) is 7.53. The van der Waals surface area contributed by atoms with Gasteiger partial charge in [0.15, 0.2) is 0 Å². The summed E-state index contributed by atoms with van der Waals surface area (Å²) in [5.74, 6) is 1.67. The Morgan fingerprint density at radius 3 is 2.24 bits per heavy atom. The average Bonchev–Trinajstić information content (AvgIpc) is 3.22. The molecule has 1 N–H and O–H groups in total. The minimum Gasteiger partial charge on any atom is -0.490 e. The van der Waals surface area contributed by atoms with Crippen LogP contribution < -0.4 is 10.1 Å².